The van der Waals surface area contributed by atoms with Gasteiger partial charge in [0.05, 0.1) is 6.54 Å². The van der Waals surface area contributed by atoms with Crippen LogP contribution in [0.1, 0.15) is 150 Å². The van der Waals surface area contributed by atoms with Crippen LogP contribution < -0.4 is 4.90 Å². The van der Waals surface area contributed by atoms with Crippen LogP contribution in [0.2, 0.25) is 5.02 Å². The van der Waals surface area contributed by atoms with Gasteiger partial charge in [0.15, 0.2) is 0 Å². The Bertz CT molecular complexity index is 1670. The fourth-order valence-corrected chi connectivity index (χ4v) is 5.98. The number of hydrogen-bond donors (Lipinski definition) is 0. The molecular formula is C50H68ClF2N3. The second-order valence-electron chi connectivity index (χ2n) is 16.3. The number of rotatable bonds is 6. The van der Waals surface area contributed by atoms with E-state index in [1.807, 2.05) is 68.7 Å². The zero-order valence-electron chi connectivity index (χ0n) is 36.4. The summed E-state index contributed by atoms with van der Waals surface area (Å²) in [6.45, 7) is 28.2. The molecule has 5 aromatic rings. The molecule has 2 aromatic heterocycles. The lowest BCUT2D eigenvalue weighted by Gasteiger charge is -2.19. The predicted molar refractivity (Wildman–Crippen MR) is 239 cm³/mol. The van der Waals surface area contributed by atoms with Gasteiger partial charge in [0.2, 0.25) is 0 Å². The van der Waals surface area contributed by atoms with Crippen molar-refractivity contribution in [1.29, 1.82) is 0 Å². The van der Waals surface area contributed by atoms with E-state index in [-0.39, 0.29) is 13.0 Å². The Morgan fingerprint density at radius 1 is 0.536 bits per heavy atom. The van der Waals surface area contributed by atoms with Crippen molar-refractivity contribution in [2.45, 2.75) is 132 Å². The van der Waals surface area contributed by atoms with E-state index in [0.29, 0.717) is 36.1 Å². The first-order valence-electron chi connectivity index (χ1n) is 20.2. The molecule has 0 aliphatic carbocycles. The first-order chi connectivity index (χ1) is 26.3. The van der Waals surface area contributed by atoms with Gasteiger partial charge in [0.1, 0.15) is 0 Å². The van der Waals surface area contributed by atoms with Crippen LogP contribution in [0.25, 0.3) is 0 Å². The summed E-state index contributed by atoms with van der Waals surface area (Å²) in [7, 11) is 0. The Kier molecular flexibility index (Phi) is 20.5. The van der Waals surface area contributed by atoms with Crippen molar-refractivity contribution >= 4 is 17.3 Å². The molecule has 0 radical (unpaired) electrons. The quantitative estimate of drug-likeness (QED) is 0.172. The molecule has 0 amide bonds. The van der Waals surface area contributed by atoms with E-state index < -0.39 is 5.92 Å². The van der Waals surface area contributed by atoms with Crippen molar-refractivity contribution in [2.75, 3.05) is 18.0 Å². The lowest BCUT2D eigenvalue weighted by molar-refractivity contribution is 0.0257. The van der Waals surface area contributed by atoms with Gasteiger partial charge in [-0.2, -0.15) is 0 Å². The Labute approximate surface area is 344 Å². The van der Waals surface area contributed by atoms with Gasteiger partial charge in [-0.15, -0.1) is 0 Å². The van der Waals surface area contributed by atoms with E-state index in [9.17, 15) is 8.78 Å². The van der Waals surface area contributed by atoms with Crippen LogP contribution in [0, 0.1) is 20.8 Å². The number of aromatic nitrogens is 2. The minimum atomic E-state index is -2.52. The van der Waals surface area contributed by atoms with E-state index in [2.05, 4.69) is 141 Å². The summed E-state index contributed by atoms with van der Waals surface area (Å²) in [6, 6.07) is 33.0. The van der Waals surface area contributed by atoms with Crippen LogP contribution in [0.3, 0.4) is 0 Å². The monoisotopic (exact) mass is 784 g/mol. The topological polar surface area (TPSA) is 29.0 Å². The van der Waals surface area contributed by atoms with E-state index >= 15 is 0 Å². The fourth-order valence-electron chi connectivity index (χ4n) is 5.79. The van der Waals surface area contributed by atoms with Gasteiger partial charge in [-0.05, 0) is 127 Å². The molecular weight excluding hydrogens is 716 g/mol. The minimum Gasteiger partial charge on any atom is -0.365 e. The van der Waals surface area contributed by atoms with Gasteiger partial charge < -0.3 is 4.90 Å². The van der Waals surface area contributed by atoms with Gasteiger partial charge in [-0.1, -0.05) is 135 Å². The number of nitrogens with zero attached hydrogens (tertiary/aromatic N) is 3. The highest BCUT2D eigenvalue weighted by Crippen LogP contribution is 2.32. The van der Waals surface area contributed by atoms with Crippen LogP contribution in [-0.2, 0) is 0 Å². The maximum Gasteiger partial charge on any atom is 0.266 e. The van der Waals surface area contributed by atoms with E-state index in [4.69, 9.17) is 11.6 Å². The number of alkyl halides is 2. The number of halogens is 3. The molecule has 1 aliphatic rings. The van der Waals surface area contributed by atoms with E-state index in [0.717, 1.165) is 22.1 Å². The predicted octanol–water partition coefficient (Wildman–Crippen LogP) is 15.3. The summed E-state index contributed by atoms with van der Waals surface area (Å²) in [5.74, 6) is 0.360. The molecule has 1 saturated heterocycles. The Morgan fingerprint density at radius 2 is 0.946 bits per heavy atom. The van der Waals surface area contributed by atoms with Crippen molar-refractivity contribution in [3.05, 3.63) is 159 Å². The first kappa shape index (κ1) is 48.1. The molecule has 56 heavy (non-hydrogen) atoms. The molecule has 3 aromatic carbocycles. The highest BCUT2D eigenvalue weighted by atomic mass is 35.5. The third-order valence-electron chi connectivity index (χ3n) is 9.47. The van der Waals surface area contributed by atoms with Crippen LogP contribution >= 0.6 is 11.6 Å². The molecule has 0 unspecified atom stereocenters. The zero-order valence-corrected chi connectivity index (χ0v) is 37.1. The third-order valence-corrected chi connectivity index (χ3v) is 9.71. The smallest absolute Gasteiger partial charge is 0.266 e. The molecule has 0 bridgehead atoms. The fraction of sp³-hybridized carbons (Fsp3) is 0.440. The largest absolute Gasteiger partial charge is 0.365 e. The highest BCUT2D eigenvalue weighted by molar-refractivity contribution is 6.30. The maximum absolute atomic E-state index is 13.1. The Hall–Kier alpha value is -4.09. The van der Waals surface area contributed by atoms with Crippen molar-refractivity contribution in [3.63, 3.8) is 0 Å². The summed E-state index contributed by atoms with van der Waals surface area (Å²) in [4.78, 5) is 10.0. The molecule has 1 aliphatic heterocycles. The van der Waals surface area contributed by atoms with E-state index in [1.54, 1.807) is 4.90 Å². The van der Waals surface area contributed by atoms with Crippen molar-refractivity contribution in [1.82, 2.24) is 9.97 Å². The lowest BCUT2D eigenvalue weighted by Crippen LogP contribution is -2.24. The molecule has 3 nitrogen and oxygen atoms in total. The summed E-state index contributed by atoms with van der Waals surface area (Å²) in [6.07, 6.45) is 3.70. The highest BCUT2D eigenvalue weighted by Gasteiger charge is 2.38. The van der Waals surface area contributed by atoms with Crippen molar-refractivity contribution < 1.29 is 8.78 Å². The number of hydrogen-bond acceptors (Lipinski definition) is 3. The number of anilines is 1. The van der Waals surface area contributed by atoms with Crippen LogP contribution in [0.15, 0.2) is 109 Å². The summed E-state index contributed by atoms with van der Waals surface area (Å²) in [5.41, 5.74) is 11.1. The summed E-state index contributed by atoms with van der Waals surface area (Å²) in [5, 5.41) is 0.825. The number of aryl methyl sites for hydroxylation is 3. The summed E-state index contributed by atoms with van der Waals surface area (Å²) >= 11 is 5.79. The molecule has 6 rings (SSSR count). The summed E-state index contributed by atoms with van der Waals surface area (Å²) < 4.78 is 26.2. The van der Waals surface area contributed by atoms with Gasteiger partial charge in [-0.3, -0.25) is 9.97 Å². The molecule has 6 heteroatoms. The minimum absolute atomic E-state index is 0.0289. The third kappa shape index (κ3) is 18.2. The number of benzene rings is 3. The first-order valence-corrected chi connectivity index (χ1v) is 20.6. The Morgan fingerprint density at radius 3 is 1.29 bits per heavy atom. The van der Waals surface area contributed by atoms with Crippen LogP contribution in [-0.4, -0.2) is 29.0 Å². The van der Waals surface area contributed by atoms with Crippen LogP contribution in [0.4, 0.5) is 14.5 Å². The molecule has 0 saturated carbocycles. The second kappa shape index (κ2) is 23.9. The molecule has 3 heterocycles. The molecule has 0 atom stereocenters. The maximum atomic E-state index is 13.1. The molecule has 0 N–H and O–H groups in total. The average molecular weight is 785 g/mol. The van der Waals surface area contributed by atoms with Gasteiger partial charge in [0, 0.05) is 47.5 Å². The van der Waals surface area contributed by atoms with Gasteiger partial charge in [-0.25, -0.2) is 8.78 Å². The molecule has 304 valence electrons. The average Bonchev–Trinajstić information content (AvgIpc) is 3.52. The molecule has 0 spiro atoms. The lowest BCUT2D eigenvalue weighted by atomic mass is 10.0. The Balaban J connectivity index is 0.000000246. The van der Waals surface area contributed by atoms with Crippen molar-refractivity contribution in [2.24, 2.45) is 0 Å². The second-order valence-corrected chi connectivity index (χ2v) is 16.8. The van der Waals surface area contributed by atoms with Gasteiger partial charge in [0.25, 0.3) is 5.92 Å². The normalized spacial score (nSPS) is 13.0. The standard InChI is InChI=1S/C13H17F2N.C10H14.C9H11Cl.2C9H13N/c1-10(2)11-4-3-5-12(8-11)16-7-6-13(14,15)9-16;1-8(2)10-6-4-5-9(3)7-10;1-7(2)8-4-3-5-9(10)6-8;2*1-7(2)9-4-5-10-8(3)6-9/h3-5,8,10H,6-7,9H2,1-2H3;4-8H,1-3H3;3-7H,1-2H3;2*4-7H,1-3H3. The van der Waals surface area contributed by atoms with Gasteiger partial charge >= 0.3 is 0 Å². The molecule has 1 fully saturated rings. The SMILES string of the molecule is CC(C)c1cccc(Cl)c1.CC(C)c1cccc(N2CCC(F)(F)C2)c1.Cc1cc(C(C)C)ccn1.Cc1cc(C(C)C)ccn1.Cc1cccc(C(C)C)c1. The van der Waals surface area contributed by atoms with Crippen molar-refractivity contribution in [3.8, 4) is 0 Å². The van der Waals surface area contributed by atoms with E-state index in [1.165, 1.54) is 33.4 Å². The van der Waals surface area contributed by atoms with Crippen LogP contribution in [0.5, 0.6) is 0 Å². The number of pyridine rings is 2. The zero-order chi connectivity index (χ0) is 42.0.